The van der Waals surface area contributed by atoms with Crippen LogP contribution in [0.2, 0.25) is 0 Å². The van der Waals surface area contributed by atoms with E-state index in [1.165, 1.54) is 6.92 Å². The molecular formula is C18H23N7O. The Morgan fingerprint density at radius 3 is 2.81 bits per heavy atom. The zero-order valence-corrected chi connectivity index (χ0v) is 14.9. The Kier molecular flexibility index (Phi) is 6.92. The summed E-state index contributed by atoms with van der Waals surface area (Å²) in [4.78, 5) is 28.2. The van der Waals surface area contributed by atoms with Crippen LogP contribution >= 0.6 is 0 Å². The number of aromatic nitrogens is 2. The number of rotatable bonds is 8. The van der Waals surface area contributed by atoms with Crippen LogP contribution in [0, 0.1) is 0 Å². The lowest BCUT2D eigenvalue weighted by Crippen LogP contribution is -2.16. The van der Waals surface area contributed by atoms with Gasteiger partial charge < -0.3 is 16.8 Å². The summed E-state index contributed by atoms with van der Waals surface area (Å²) >= 11 is 0. The van der Waals surface area contributed by atoms with Gasteiger partial charge in [-0.25, -0.2) is 9.98 Å². The van der Waals surface area contributed by atoms with Crippen LogP contribution in [0.5, 0.6) is 0 Å². The molecule has 8 nitrogen and oxygen atoms in total. The van der Waals surface area contributed by atoms with Crippen molar-refractivity contribution >= 4 is 34.8 Å². The maximum atomic E-state index is 11.2. The van der Waals surface area contributed by atoms with Crippen molar-refractivity contribution in [2.75, 3.05) is 18.4 Å². The predicted molar refractivity (Wildman–Crippen MR) is 104 cm³/mol. The van der Waals surface area contributed by atoms with Crippen LogP contribution < -0.4 is 16.8 Å². The van der Waals surface area contributed by atoms with Crippen LogP contribution in [-0.4, -0.2) is 40.4 Å². The second-order valence-corrected chi connectivity index (χ2v) is 5.73. The average Bonchev–Trinajstić information content (AvgIpc) is 2.59. The Hall–Kier alpha value is -3.13. The first kappa shape index (κ1) is 19.2. The number of benzene rings is 1. The van der Waals surface area contributed by atoms with E-state index in [1.807, 2.05) is 24.3 Å². The van der Waals surface area contributed by atoms with Gasteiger partial charge in [-0.2, -0.15) is 4.98 Å². The molecule has 136 valence electrons. The molecule has 0 fully saturated rings. The van der Waals surface area contributed by atoms with E-state index in [2.05, 4.69) is 25.3 Å². The van der Waals surface area contributed by atoms with E-state index < -0.39 is 0 Å². The van der Waals surface area contributed by atoms with E-state index in [4.69, 9.17) is 11.5 Å². The maximum absolute atomic E-state index is 11.2. The second kappa shape index (κ2) is 9.38. The highest BCUT2D eigenvalue weighted by molar-refractivity contribution is 6.00. The number of hydrogen-bond acceptors (Lipinski definition) is 7. The molecule has 1 aromatic carbocycles. The molecule has 8 heteroatoms. The first-order valence-corrected chi connectivity index (χ1v) is 8.22. The number of carbonyl (C=O) groups excluding carboxylic acids is 1. The number of nitrogens with one attached hydrogen (secondary N) is 1. The molecule has 0 amide bonds. The number of hydrogen-bond donors (Lipinski definition) is 3. The number of anilines is 2. The van der Waals surface area contributed by atoms with Crippen LogP contribution in [0.3, 0.4) is 0 Å². The predicted octanol–water partition coefficient (Wildman–Crippen LogP) is 1.96. The van der Waals surface area contributed by atoms with Gasteiger partial charge in [-0.05, 0) is 26.0 Å². The van der Waals surface area contributed by atoms with Gasteiger partial charge in [0.05, 0.1) is 6.54 Å². The lowest BCUT2D eigenvalue weighted by Gasteiger charge is -2.07. The molecule has 0 aliphatic heterocycles. The Bertz CT molecular complexity index is 830. The fourth-order valence-electron chi connectivity index (χ4n) is 2.23. The monoisotopic (exact) mass is 353 g/mol. The Balaban J connectivity index is 2.16. The molecule has 0 aliphatic carbocycles. The summed E-state index contributed by atoms with van der Waals surface area (Å²) in [6, 6.07) is 9.15. The number of nitrogens with zero attached hydrogens (tertiary/aromatic N) is 4. The third kappa shape index (κ3) is 6.06. The Morgan fingerprint density at radius 1 is 1.27 bits per heavy atom. The highest BCUT2D eigenvalue weighted by atomic mass is 16.1. The molecule has 5 N–H and O–H groups in total. The van der Waals surface area contributed by atoms with Crippen LogP contribution in [0.1, 0.15) is 25.8 Å². The van der Waals surface area contributed by atoms with E-state index in [9.17, 15) is 4.79 Å². The van der Waals surface area contributed by atoms with Gasteiger partial charge in [0.25, 0.3) is 0 Å². The summed E-state index contributed by atoms with van der Waals surface area (Å²) < 4.78 is 0. The minimum absolute atomic E-state index is 0.0596. The van der Waals surface area contributed by atoms with Gasteiger partial charge in [-0.1, -0.05) is 12.1 Å². The topological polar surface area (TPSA) is 132 Å². The highest BCUT2D eigenvalue weighted by Crippen LogP contribution is 2.17. The summed E-state index contributed by atoms with van der Waals surface area (Å²) in [5.74, 6) is 1.38. The van der Waals surface area contributed by atoms with Gasteiger partial charge in [0.15, 0.2) is 5.82 Å². The molecule has 0 bridgehead atoms. The van der Waals surface area contributed by atoms with Gasteiger partial charge in [-0.3, -0.25) is 9.79 Å². The first-order chi connectivity index (χ1) is 12.5. The van der Waals surface area contributed by atoms with E-state index in [0.29, 0.717) is 42.8 Å². The lowest BCUT2D eigenvalue weighted by molar-refractivity contribution is -0.115. The Morgan fingerprint density at radius 2 is 2.08 bits per heavy atom. The standard InChI is InChI=1S/C18H23N7O/c1-12(10-13(2)26)23-16-6-8-22-18(25-16)24-15-5-3-4-14(11-15)17(20)21-9-7-19/h3-6,8,11H,7,9-10,19H2,1-2H3,(H2,20,21)(H,22,24,25). The molecule has 0 aliphatic rings. The highest BCUT2D eigenvalue weighted by Gasteiger charge is 2.04. The fraction of sp³-hybridized carbons (Fsp3) is 0.278. The zero-order valence-electron chi connectivity index (χ0n) is 14.9. The molecule has 0 radical (unpaired) electrons. The third-order valence-electron chi connectivity index (χ3n) is 3.28. The molecular weight excluding hydrogens is 330 g/mol. The minimum atomic E-state index is 0.0596. The maximum Gasteiger partial charge on any atom is 0.229 e. The smallest absolute Gasteiger partial charge is 0.229 e. The number of aliphatic imine (C=N–C) groups is 2. The normalized spacial score (nSPS) is 12.1. The van der Waals surface area contributed by atoms with Gasteiger partial charge in [0.1, 0.15) is 11.6 Å². The molecule has 2 rings (SSSR count). The minimum Gasteiger partial charge on any atom is -0.384 e. The largest absolute Gasteiger partial charge is 0.384 e. The molecule has 1 heterocycles. The van der Waals surface area contributed by atoms with Crippen molar-refractivity contribution in [2.45, 2.75) is 20.3 Å². The van der Waals surface area contributed by atoms with Gasteiger partial charge in [-0.15, -0.1) is 0 Å². The van der Waals surface area contributed by atoms with Crippen molar-refractivity contribution in [3.63, 3.8) is 0 Å². The van der Waals surface area contributed by atoms with Crippen molar-refractivity contribution in [3.8, 4) is 0 Å². The third-order valence-corrected chi connectivity index (χ3v) is 3.28. The SMILES string of the molecule is CC(=O)CC(C)=Nc1ccnc(Nc2cccc(C(N)=NCCN)c2)n1. The summed E-state index contributed by atoms with van der Waals surface area (Å²) in [7, 11) is 0. The lowest BCUT2D eigenvalue weighted by atomic mass is 10.2. The first-order valence-electron chi connectivity index (χ1n) is 8.22. The number of carbonyl (C=O) groups is 1. The van der Waals surface area contributed by atoms with E-state index in [1.54, 1.807) is 19.2 Å². The number of Topliss-reactive ketones (excluding diaryl/α,β-unsaturated/α-hetero) is 1. The quantitative estimate of drug-likeness (QED) is 0.491. The summed E-state index contributed by atoms with van der Waals surface area (Å²) in [6.45, 7) is 4.25. The van der Waals surface area contributed by atoms with Crippen LogP contribution in [0.4, 0.5) is 17.5 Å². The van der Waals surface area contributed by atoms with Gasteiger partial charge in [0.2, 0.25) is 5.95 Å². The van der Waals surface area contributed by atoms with Crippen LogP contribution in [-0.2, 0) is 4.79 Å². The van der Waals surface area contributed by atoms with Crippen molar-refractivity contribution in [1.82, 2.24) is 9.97 Å². The second-order valence-electron chi connectivity index (χ2n) is 5.73. The summed E-state index contributed by atoms with van der Waals surface area (Å²) in [5.41, 5.74) is 13.7. The fourth-order valence-corrected chi connectivity index (χ4v) is 2.23. The molecule has 0 unspecified atom stereocenters. The van der Waals surface area contributed by atoms with Crippen LogP contribution in [0.25, 0.3) is 0 Å². The van der Waals surface area contributed by atoms with E-state index >= 15 is 0 Å². The molecule has 0 atom stereocenters. The molecule has 0 spiro atoms. The molecule has 1 aromatic heterocycles. The molecule has 0 saturated carbocycles. The number of ketones is 1. The number of nitrogens with two attached hydrogens (primary N) is 2. The summed E-state index contributed by atoms with van der Waals surface area (Å²) in [6.07, 6.45) is 1.91. The van der Waals surface area contributed by atoms with Crippen molar-refractivity contribution < 1.29 is 4.79 Å². The van der Waals surface area contributed by atoms with Crippen molar-refractivity contribution in [3.05, 3.63) is 42.1 Å². The van der Waals surface area contributed by atoms with Gasteiger partial charge >= 0.3 is 0 Å². The van der Waals surface area contributed by atoms with Crippen molar-refractivity contribution in [1.29, 1.82) is 0 Å². The molecule has 26 heavy (non-hydrogen) atoms. The summed E-state index contributed by atoms with van der Waals surface area (Å²) in [5, 5.41) is 3.12. The van der Waals surface area contributed by atoms with Crippen molar-refractivity contribution in [2.24, 2.45) is 21.5 Å². The van der Waals surface area contributed by atoms with Crippen LogP contribution in [0.15, 0.2) is 46.5 Å². The van der Waals surface area contributed by atoms with E-state index in [0.717, 1.165) is 11.3 Å². The zero-order chi connectivity index (χ0) is 18.9. The number of amidine groups is 1. The average molecular weight is 353 g/mol. The van der Waals surface area contributed by atoms with E-state index in [-0.39, 0.29) is 5.78 Å². The van der Waals surface area contributed by atoms with Gasteiger partial charge in [0, 0.05) is 42.2 Å². The molecule has 2 aromatic rings. The Labute approximate surface area is 152 Å². The molecule has 0 saturated heterocycles.